The molecule has 0 saturated heterocycles. The van der Waals surface area contributed by atoms with Crippen LogP contribution >= 0.6 is 0 Å². The van der Waals surface area contributed by atoms with Crippen molar-refractivity contribution in [3.8, 4) is 5.88 Å². The zero-order valence-electron chi connectivity index (χ0n) is 8.84. The van der Waals surface area contributed by atoms with E-state index in [1.807, 2.05) is 6.92 Å². The van der Waals surface area contributed by atoms with Gasteiger partial charge in [-0.2, -0.15) is 13.2 Å². The van der Waals surface area contributed by atoms with E-state index in [9.17, 15) is 13.2 Å². The van der Waals surface area contributed by atoms with Crippen LogP contribution in [-0.2, 0) is 6.54 Å². The maximum atomic E-state index is 11.8. The van der Waals surface area contributed by atoms with E-state index < -0.39 is 12.8 Å². The third-order valence-electron chi connectivity index (χ3n) is 1.76. The highest BCUT2D eigenvalue weighted by atomic mass is 19.4. The molecule has 0 bridgehead atoms. The quantitative estimate of drug-likeness (QED) is 0.847. The summed E-state index contributed by atoms with van der Waals surface area (Å²) in [6.07, 6.45) is -2.83. The van der Waals surface area contributed by atoms with Crippen LogP contribution in [0.4, 0.5) is 13.2 Å². The van der Waals surface area contributed by atoms with E-state index in [1.54, 1.807) is 6.07 Å². The van der Waals surface area contributed by atoms with Crippen LogP contribution in [0.5, 0.6) is 5.88 Å². The smallest absolute Gasteiger partial charge is 0.422 e. The standard InChI is InChI=1S/C10H13F3N2O/c1-2-14-5-8-3-4-9(15-6-8)16-7-10(11,12)13/h3-4,6,14H,2,5,7H2,1H3. The van der Waals surface area contributed by atoms with Crippen LogP contribution < -0.4 is 10.1 Å². The first kappa shape index (κ1) is 12.8. The highest BCUT2D eigenvalue weighted by molar-refractivity contribution is 5.17. The summed E-state index contributed by atoms with van der Waals surface area (Å²) in [6.45, 7) is 2.12. The fourth-order valence-corrected chi connectivity index (χ4v) is 1.03. The first-order chi connectivity index (χ1) is 7.51. The van der Waals surface area contributed by atoms with E-state index in [1.165, 1.54) is 12.3 Å². The van der Waals surface area contributed by atoms with Crippen molar-refractivity contribution < 1.29 is 17.9 Å². The van der Waals surface area contributed by atoms with Gasteiger partial charge in [-0.05, 0) is 12.1 Å². The fraction of sp³-hybridized carbons (Fsp3) is 0.500. The molecule has 0 aliphatic rings. The molecule has 90 valence electrons. The molecular weight excluding hydrogens is 221 g/mol. The lowest BCUT2D eigenvalue weighted by Gasteiger charge is -2.08. The van der Waals surface area contributed by atoms with Gasteiger partial charge < -0.3 is 10.1 Å². The van der Waals surface area contributed by atoms with Gasteiger partial charge in [-0.15, -0.1) is 0 Å². The van der Waals surface area contributed by atoms with Crippen LogP contribution in [0.25, 0.3) is 0 Å². The van der Waals surface area contributed by atoms with Gasteiger partial charge in [0.2, 0.25) is 5.88 Å². The van der Waals surface area contributed by atoms with E-state index >= 15 is 0 Å². The molecule has 0 aromatic carbocycles. The molecule has 1 heterocycles. The minimum Gasteiger partial charge on any atom is -0.468 e. The molecule has 0 aliphatic carbocycles. The van der Waals surface area contributed by atoms with Gasteiger partial charge in [0, 0.05) is 18.8 Å². The van der Waals surface area contributed by atoms with Crippen molar-refractivity contribution >= 4 is 0 Å². The maximum absolute atomic E-state index is 11.8. The third-order valence-corrected chi connectivity index (χ3v) is 1.76. The Morgan fingerprint density at radius 3 is 2.62 bits per heavy atom. The highest BCUT2D eigenvalue weighted by Gasteiger charge is 2.28. The Kier molecular flexibility index (Phi) is 4.54. The van der Waals surface area contributed by atoms with Crippen molar-refractivity contribution in [2.75, 3.05) is 13.2 Å². The topological polar surface area (TPSA) is 34.1 Å². The summed E-state index contributed by atoms with van der Waals surface area (Å²) in [5.41, 5.74) is 0.904. The molecule has 0 saturated carbocycles. The number of hydrogen-bond acceptors (Lipinski definition) is 3. The second-order valence-corrected chi connectivity index (χ2v) is 3.19. The maximum Gasteiger partial charge on any atom is 0.422 e. The van der Waals surface area contributed by atoms with Crippen molar-refractivity contribution in [2.24, 2.45) is 0 Å². The molecule has 0 amide bonds. The number of halogens is 3. The summed E-state index contributed by atoms with van der Waals surface area (Å²) < 4.78 is 39.9. The molecule has 1 N–H and O–H groups in total. The van der Waals surface area contributed by atoms with E-state index in [0.29, 0.717) is 6.54 Å². The Labute approximate surface area is 91.6 Å². The first-order valence-corrected chi connectivity index (χ1v) is 4.86. The van der Waals surface area contributed by atoms with Crippen LogP contribution in [0.1, 0.15) is 12.5 Å². The first-order valence-electron chi connectivity index (χ1n) is 4.86. The van der Waals surface area contributed by atoms with E-state index in [0.717, 1.165) is 12.1 Å². The minimum absolute atomic E-state index is 0.0161. The number of pyridine rings is 1. The average molecular weight is 234 g/mol. The van der Waals surface area contributed by atoms with E-state index in [2.05, 4.69) is 15.0 Å². The number of nitrogens with one attached hydrogen (secondary N) is 1. The molecule has 3 nitrogen and oxygen atoms in total. The largest absolute Gasteiger partial charge is 0.468 e. The second kappa shape index (κ2) is 5.69. The molecule has 0 aliphatic heterocycles. The van der Waals surface area contributed by atoms with Gasteiger partial charge in [0.05, 0.1) is 0 Å². The van der Waals surface area contributed by atoms with Gasteiger partial charge in [-0.1, -0.05) is 13.0 Å². The third kappa shape index (κ3) is 4.97. The Morgan fingerprint density at radius 2 is 2.12 bits per heavy atom. The molecule has 1 aromatic heterocycles. The summed E-state index contributed by atoms with van der Waals surface area (Å²) >= 11 is 0. The summed E-state index contributed by atoms with van der Waals surface area (Å²) in [4.78, 5) is 3.77. The van der Waals surface area contributed by atoms with Crippen LogP contribution in [0, 0.1) is 0 Å². The summed E-state index contributed by atoms with van der Waals surface area (Å²) in [5.74, 6) is -0.0161. The van der Waals surface area contributed by atoms with Gasteiger partial charge in [0.15, 0.2) is 6.61 Å². The molecule has 1 aromatic rings. The van der Waals surface area contributed by atoms with Crippen molar-refractivity contribution in [1.82, 2.24) is 10.3 Å². The van der Waals surface area contributed by atoms with Crippen LogP contribution in [0.15, 0.2) is 18.3 Å². The van der Waals surface area contributed by atoms with Gasteiger partial charge in [0.1, 0.15) is 0 Å². The number of alkyl halides is 3. The Balaban J connectivity index is 2.45. The van der Waals surface area contributed by atoms with Crippen LogP contribution in [0.2, 0.25) is 0 Å². The molecular formula is C10H13F3N2O. The zero-order valence-corrected chi connectivity index (χ0v) is 8.84. The van der Waals surface area contributed by atoms with Crippen molar-refractivity contribution in [2.45, 2.75) is 19.6 Å². The second-order valence-electron chi connectivity index (χ2n) is 3.19. The molecule has 0 spiro atoms. The predicted molar refractivity (Wildman–Crippen MR) is 53.2 cm³/mol. The zero-order chi connectivity index (χ0) is 12.0. The highest BCUT2D eigenvalue weighted by Crippen LogP contribution is 2.16. The molecule has 0 unspecified atom stereocenters. The average Bonchev–Trinajstić information content (AvgIpc) is 2.24. The van der Waals surface area contributed by atoms with Crippen molar-refractivity contribution in [3.05, 3.63) is 23.9 Å². The molecule has 6 heteroatoms. The number of rotatable bonds is 5. The number of ether oxygens (including phenoxy) is 1. The van der Waals surface area contributed by atoms with Crippen LogP contribution in [-0.4, -0.2) is 24.3 Å². The monoisotopic (exact) mass is 234 g/mol. The molecule has 0 radical (unpaired) electrons. The van der Waals surface area contributed by atoms with Gasteiger partial charge in [-0.25, -0.2) is 4.98 Å². The van der Waals surface area contributed by atoms with Gasteiger partial charge in [-0.3, -0.25) is 0 Å². The van der Waals surface area contributed by atoms with Gasteiger partial charge in [0.25, 0.3) is 0 Å². The number of nitrogens with zero attached hydrogens (tertiary/aromatic N) is 1. The summed E-state index contributed by atoms with van der Waals surface area (Å²) in [6, 6.07) is 3.11. The Hall–Kier alpha value is -1.30. The predicted octanol–water partition coefficient (Wildman–Crippen LogP) is 2.13. The lowest BCUT2D eigenvalue weighted by molar-refractivity contribution is -0.154. The number of aromatic nitrogens is 1. The summed E-state index contributed by atoms with van der Waals surface area (Å²) in [5, 5.41) is 3.08. The fourth-order valence-electron chi connectivity index (χ4n) is 1.03. The summed E-state index contributed by atoms with van der Waals surface area (Å²) in [7, 11) is 0. The van der Waals surface area contributed by atoms with Crippen molar-refractivity contribution in [3.63, 3.8) is 0 Å². The Morgan fingerprint density at radius 1 is 1.38 bits per heavy atom. The Bertz CT molecular complexity index is 311. The molecule has 0 atom stereocenters. The molecule has 16 heavy (non-hydrogen) atoms. The normalized spacial score (nSPS) is 11.5. The molecule has 1 rings (SSSR count). The lowest BCUT2D eigenvalue weighted by atomic mass is 10.3. The van der Waals surface area contributed by atoms with Crippen LogP contribution in [0.3, 0.4) is 0 Å². The van der Waals surface area contributed by atoms with Gasteiger partial charge >= 0.3 is 6.18 Å². The minimum atomic E-state index is -4.33. The van der Waals surface area contributed by atoms with E-state index in [-0.39, 0.29) is 5.88 Å². The number of hydrogen-bond donors (Lipinski definition) is 1. The van der Waals surface area contributed by atoms with Crippen molar-refractivity contribution in [1.29, 1.82) is 0 Å². The SMILES string of the molecule is CCNCc1ccc(OCC(F)(F)F)nc1. The lowest BCUT2D eigenvalue weighted by Crippen LogP contribution is -2.19. The van der Waals surface area contributed by atoms with E-state index in [4.69, 9.17) is 0 Å². The molecule has 0 fully saturated rings.